The first-order chi connectivity index (χ1) is 19.2. The molecule has 0 bridgehead atoms. The Balaban J connectivity index is 0.000000226. The van der Waals surface area contributed by atoms with Crippen LogP contribution in [0.15, 0.2) is 129 Å². The predicted molar refractivity (Wildman–Crippen MR) is 138 cm³/mol. The van der Waals surface area contributed by atoms with Gasteiger partial charge in [0.25, 0.3) is 0 Å². The van der Waals surface area contributed by atoms with Crippen LogP contribution >= 0.6 is 0 Å². The highest BCUT2D eigenvalue weighted by atomic mass is 32.2. The summed E-state index contributed by atoms with van der Waals surface area (Å²) in [5.74, 6) is 0. The van der Waals surface area contributed by atoms with Gasteiger partial charge in [0.05, 0.1) is 20.6 Å². The lowest BCUT2D eigenvalue weighted by atomic mass is 10.1. The highest BCUT2D eigenvalue weighted by Gasteiger charge is 2.42. The molecule has 41 heavy (non-hydrogen) atoms. The Morgan fingerprint density at radius 3 is 1.54 bits per heavy atom. The fourth-order valence-corrected chi connectivity index (χ4v) is 6.35. The van der Waals surface area contributed by atoms with E-state index in [0.717, 1.165) is 18.2 Å². The van der Waals surface area contributed by atoms with Crippen LogP contribution in [-0.4, -0.2) is 35.2 Å². The van der Waals surface area contributed by atoms with Gasteiger partial charge in [0.1, 0.15) is 0 Å². The van der Waals surface area contributed by atoms with E-state index in [0.29, 0.717) is 4.90 Å². The zero-order chi connectivity index (χ0) is 30.4. The number of hydrogen-bond acceptors (Lipinski definition) is 5. The first-order valence-electron chi connectivity index (χ1n) is 11.6. The maximum absolute atomic E-state index is 12.7. The fourth-order valence-electron chi connectivity index (χ4n) is 3.58. The molecule has 0 spiro atoms. The molecule has 3 atom stereocenters. The van der Waals surface area contributed by atoms with Crippen LogP contribution in [0.5, 0.6) is 0 Å². The van der Waals surface area contributed by atoms with Gasteiger partial charge in [0.15, 0.2) is 12.2 Å². The Morgan fingerprint density at radius 2 is 1.00 bits per heavy atom. The predicted octanol–water partition coefficient (Wildman–Crippen LogP) is 6.56. The zero-order valence-corrected chi connectivity index (χ0v) is 22.4. The van der Waals surface area contributed by atoms with Crippen molar-refractivity contribution < 1.29 is 49.2 Å². The molecule has 4 aromatic carbocycles. The summed E-state index contributed by atoms with van der Waals surface area (Å²) in [6.45, 7) is 0. The third-order valence-electron chi connectivity index (χ3n) is 5.55. The number of rotatable bonds is 6. The smallest absolute Gasteiger partial charge is 0.379 e. The Hall–Kier alpha value is -3.52. The van der Waals surface area contributed by atoms with Crippen LogP contribution in [0.4, 0.5) is 26.3 Å². The third-order valence-corrected chi connectivity index (χ3v) is 8.86. The number of benzene rings is 4. The van der Waals surface area contributed by atoms with Gasteiger partial charge in [-0.25, -0.2) is 12.6 Å². The molecule has 0 amide bonds. The van der Waals surface area contributed by atoms with Crippen LogP contribution in [0.25, 0.3) is 0 Å². The van der Waals surface area contributed by atoms with Crippen molar-refractivity contribution >= 4 is 20.6 Å². The summed E-state index contributed by atoms with van der Waals surface area (Å²) in [5.41, 5.74) is -1.07. The van der Waals surface area contributed by atoms with Crippen LogP contribution in [0.1, 0.15) is 23.3 Å². The molecule has 0 saturated heterocycles. The maximum Gasteiger partial charge on any atom is 0.418 e. The molecule has 2 N–H and O–H groups in total. The van der Waals surface area contributed by atoms with Gasteiger partial charge in [0, 0.05) is 20.9 Å². The summed E-state index contributed by atoms with van der Waals surface area (Å²) in [4.78, 5) is -0.342. The number of alkyl halides is 6. The van der Waals surface area contributed by atoms with E-state index in [1.54, 1.807) is 36.4 Å². The molecule has 0 aliphatic carbocycles. The minimum absolute atomic E-state index is 0.0384. The van der Waals surface area contributed by atoms with Gasteiger partial charge in [0.2, 0.25) is 9.84 Å². The number of halogens is 6. The maximum atomic E-state index is 12.7. The van der Waals surface area contributed by atoms with E-state index in [1.807, 2.05) is 0 Å². The number of hydrogen-bond donors (Lipinski definition) is 2. The largest absolute Gasteiger partial charge is 0.418 e. The second-order valence-electron chi connectivity index (χ2n) is 8.36. The summed E-state index contributed by atoms with van der Waals surface area (Å²) >= 11 is 0. The van der Waals surface area contributed by atoms with Crippen molar-refractivity contribution in [1.82, 2.24) is 0 Å². The third kappa shape index (κ3) is 7.82. The molecule has 3 unspecified atom stereocenters. The van der Waals surface area contributed by atoms with Crippen molar-refractivity contribution in [2.24, 2.45) is 0 Å². The standard InChI is InChI=1S/C14H11F3O3S.C14H11F3O2S/c15-14(16,17)13(18)11-8-4-5-9-12(11)21(19,20)10-6-2-1-3-7-10;15-14(16,17)13(18)11-8-4-5-9-12(11)20(19)10-6-2-1-3-7-10/h1-9,13,18H;1-9,13,18H. The monoisotopic (exact) mass is 616 g/mol. The highest BCUT2D eigenvalue weighted by Crippen LogP contribution is 2.37. The van der Waals surface area contributed by atoms with Gasteiger partial charge < -0.3 is 10.2 Å². The zero-order valence-electron chi connectivity index (χ0n) is 20.8. The van der Waals surface area contributed by atoms with E-state index in [-0.39, 0.29) is 15.4 Å². The summed E-state index contributed by atoms with van der Waals surface area (Å²) in [6.07, 6.45) is -15.2. The molecule has 0 saturated carbocycles. The lowest BCUT2D eigenvalue weighted by molar-refractivity contribution is -0.207. The van der Waals surface area contributed by atoms with E-state index in [1.165, 1.54) is 54.6 Å². The van der Waals surface area contributed by atoms with Crippen molar-refractivity contribution in [2.45, 2.75) is 44.1 Å². The lowest BCUT2D eigenvalue weighted by Gasteiger charge is -2.18. The molecule has 5 nitrogen and oxygen atoms in total. The topological polar surface area (TPSA) is 91.7 Å². The molecule has 0 aliphatic rings. The molecule has 0 heterocycles. The Labute approximate surface area is 234 Å². The molecule has 13 heteroatoms. The van der Waals surface area contributed by atoms with Crippen molar-refractivity contribution in [2.75, 3.05) is 0 Å². The van der Waals surface area contributed by atoms with Crippen LogP contribution in [-0.2, 0) is 20.6 Å². The molecule has 0 fully saturated rings. The average molecular weight is 617 g/mol. The molecule has 0 aromatic heterocycles. The van der Waals surface area contributed by atoms with Gasteiger partial charge in [-0.2, -0.15) is 26.3 Å². The van der Waals surface area contributed by atoms with E-state index >= 15 is 0 Å². The minimum Gasteiger partial charge on any atom is -0.379 e. The normalized spacial score (nSPS) is 14.3. The summed E-state index contributed by atoms with van der Waals surface area (Å²) in [7, 11) is -5.91. The summed E-state index contributed by atoms with van der Waals surface area (Å²) < 4.78 is 113. The highest BCUT2D eigenvalue weighted by molar-refractivity contribution is 7.91. The molecule has 4 rings (SSSR count). The summed E-state index contributed by atoms with van der Waals surface area (Å²) in [5, 5.41) is 18.7. The fraction of sp³-hybridized carbons (Fsp3) is 0.143. The average Bonchev–Trinajstić information content (AvgIpc) is 2.96. The van der Waals surface area contributed by atoms with E-state index in [9.17, 15) is 49.2 Å². The molecular weight excluding hydrogens is 594 g/mol. The molecule has 0 radical (unpaired) electrons. The first-order valence-corrected chi connectivity index (χ1v) is 14.2. The number of aliphatic hydroxyl groups is 2. The van der Waals surface area contributed by atoms with Crippen LogP contribution in [0, 0.1) is 0 Å². The number of sulfone groups is 1. The van der Waals surface area contributed by atoms with E-state index < -0.39 is 55.7 Å². The Morgan fingerprint density at radius 1 is 0.585 bits per heavy atom. The SMILES string of the molecule is O=S(=O)(c1ccccc1)c1ccccc1C(O)C(F)(F)F.O=S(c1ccccc1)c1ccccc1C(O)C(F)(F)F. The quantitative estimate of drug-likeness (QED) is 0.240. The van der Waals surface area contributed by atoms with Gasteiger partial charge in [-0.1, -0.05) is 72.8 Å². The van der Waals surface area contributed by atoms with Gasteiger partial charge in [-0.3, -0.25) is 0 Å². The van der Waals surface area contributed by atoms with E-state index in [2.05, 4.69) is 0 Å². The Kier molecular flexibility index (Phi) is 10.1. The van der Waals surface area contributed by atoms with E-state index in [4.69, 9.17) is 0 Å². The second-order valence-corrected chi connectivity index (χ2v) is 11.7. The second kappa shape index (κ2) is 13.0. The van der Waals surface area contributed by atoms with Gasteiger partial charge in [-0.15, -0.1) is 0 Å². The van der Waals surface area contributed by atoms with Crippen molar-refractivity contribution in [1.29, 1.82) is 0 Å². The van der Waals surface area contributed by atoms with Crippen molar-refractivity contribution in [3.8, 4) is 0 Å². The molecule has 4 aromatic rings. The molecular formula is C28H22F6O5S2. The lowest BCUT2D eigenvalue weighted by Crippen LogP contribution is -2.22. The van der Waals surface area contributed by atoms with Crippen LogP contribution in [0.2, 0.25) is 0 Å². The molecule has 0 aliphatic heterocycles. The Bertz CT molecular complexity index is 1580. The van der Waals surface area contributed by atoms with Gasteiger partial charge in [-0.05, 0) is 36.4 Å². The molecule has 218 valence electrons. The summed E-state index contributed by atoms with van der Waals surface area (Å²) in [6, 6.07) is 25.1. The first kappa shape index (κ1) is 32.0. The van der Waals surface area contributed by atoms with Crippen LogP contribution in [0.3, 0.4) is 0 Å². The minimum atomic E-state index is -4.94. The van der Waals surface area contributed by atoms with Crippen LogP contribution < -0.4 is 0 Å². The van der Waals surface area contributed by atoms with Gasteiger partial charge >= 0.3 is 12.4 Å². The number of aliphatic hydroxyl groups excluding tert-OH is 2. The van der Waals surface area contributed by atoms with Crippen molar-refractivity contribution in [3.63, 3.8) is 0 Å². The van der Waals surface area contributed by atoms with Crippen molar-refractivity contribution in [3.05, 3.63) is 120 Å².